The number of hydrogen-bond donors (Lipinski definition) is 1. The Morgan fingerprint density at radius 3 is 2.62 bits per heavy atom. The second-order valence-corrected chi connectivity index (χ2v) is 12.8. The van der Waals surface area contributed by atoms with Crippen LogP contribution in [0, 0.1) is 22.7 Å². The summed E-state index contributed by atoms with van der Waals surface area (Å²) in [4.78, 5) is 16.7. The second-order valence-electron chi connectivity index (χ2n) is 10.8. The summed E-state index contributed by atoms with van der Waals surface area (Å²) < 4.78 is 32.9. The lowest BCUT2D eigenvalue weighted by Gasteiger charge is -2.61. The lowest BCUT2D eigenvalue weighted by molar-refractivity contribution is -0.117. The Labute approximate surface area is 215 Å². The molecule has 0 unspecified atom stereocenters. The largest absolute Gasteiger partial charge is 0.496 e. The molecule has 2 aromatic heterocycles. The second kappa shape index (κ2) is 8.00. The number of rotatable bonds is 6. The van der Waals surface area contributed by atoms with Crippen LogP contribution in [0.1, 0.15) is 31.2 Å². The van der Waals surface area contributed by atoms with Crippen LogP contribution >= 0.6 is 0 Å². The molecule has 11 heteroatoms. The molecule has 0 bridgehead atoms. The van der Waals surface area contributed by atoms with Crippen LogP contribution in [-0.4, -0.2) is 59.8 Å². The number of carbonyl (C=O) groups excluding carboxylic acids is 1. The molecular formula is C26H28N6O4S. The summed E-state index contributed by atoms with van der Waals surface area (Å²) in [7, 11) is 0.199. The van der Waals surface area contributed by atoms with E-state index in [1.165, 1.54) is 10.6 Å². The summed E-state index contributed by atoms with van der Waals surface area (Å²) in [6.45, 7) is 0.898. The molecule has 2 saturated carbocycles. The van der Waals surface area contributed by atoms with E-state index in [0.717, 1.165) is 34.9 Å². The zero-order chi connectivity index (χ0) is 26.2. The Bertz CT molecular complexity index is 1590. The zero-order valence-corrected chi connectivity index (χ0v) is 21.8. The standard InChI is InChI=1S/C26H28N6O4S/c1-31-20-10-28-21(29-24(33)16-7-8-16)9-18(20)22(30-31)17-5-4-6-19(23(17)36-2)26(13-27)11-25(12-26)14-32(15-25)37(3,34)35/h4-6,9-10,16H,7-8,11-12,14-15H2,1-3H3,(H,28,29,33). The molecule has 10 nitrogen and oxygen atoms in total. The Morgan fingerprint density at radius 2 is 2.00 bits per heavy atom. The Balaban J connectivity index is 1.37. The molecule has 3 heterocycles. The lowest BCUT2D eigenvalue weighted by Crippen LogP contribution is -2.67. The number of nitrogens with zero attached hydrogens (tertiary/aromatic N) is 5. The van der Waals surface area contributed by atoms with E-state index in [9.17, 15) is 18.5 Å². The Morgan fingerprint density at radius 1 is 1.27 bits per heavy atom. The first-order chi connectivity index (χ1) is 17.6. The number of para-hydroxylation sites is 1. The van der Waals surface area contributed by atoms with Crippen molar-refractivity contribution in [3.8, 4) is 23.1 Å². The van der Waals surface area contributed by atoms with Crippen LogP contribution in [0.5, 0.6) is 5.75 Å². The SMILES string of the molecule is COc1c(-c2nn(C)c3cnc(NC(=O)C4CC4)cc23)cccc1C1(C#N)CC2(CN(S(C)(=O)=O)C2)C1. The maximum Gasteiger partial charge on any atom is 0.228 e. The number of benzene rings is 1. The van der Waals surface area contributed by atoms with Crippen LogP contribution in [0.2, 0.25) is 0 Å². The minimum absolute atomic E-state index is 0.0165. The Kier molecular flexibility index (Phi) is 5.17. The first-order valence-corrected chi connectivity index (χ1v) is 14.1. The smallest absolute Gasteiger partial charge is 0.228 e. The van der Waals surface area contributed by atoms with E-state index in [1.807, 2.05) is 31.3 Å². The van der Waals surface area contributed by atoms with Gasteiger partial charge in [0.05, 0.1) is 36.6 Å². The van der Waals surface area contributed by atoms with Gasteiger partial charge in [-0.25, -0.2) is 17.7 Å². The molecule has 0 atom stereocenters. The molecule has 192 valence electrons. The predicted octanol–water partition coefficient (Wildman–Crippen LogP) is 2.81. The number of fused-ring (bicyclic) bond motifs is 1. The summed E-state index contributed by atoms with van der Waals surface area (Å²) in [5, 5.41) is 18.8. The fourth-order valence-electron chi connectivity index (χ4n) is 6.03. The molecule has 1 N–H and O–H groups in total. The van der Waals surface area contributed by atoms with Crippen molar-refractivity contribution in [2.24, 2.45) is 18.4 Å². The van der Waals surface area contributed by atoms with Crippen molar-refractivity contribution in [3.63, 3.8) is 0 Å². The number of carbonyl (C=O) groups is 1. The highest BCUT2D eigenvalue weighted by Crippen LogP contribution is 2.62. The van der Waals surface area contributed by atoms with E-state index in [2.05, 4.69) is 16.4 Å². The van der Waals surface area contributed by atoms with Crippen LogP contribution in [0.4, 0.5) is 5.82 Å². The van der Waals surface area contributed by atoms with E-state index in [-0.39, 0.29) is 17.2 Å². The van der Waals surface area contributed by atoms with Crippen molar-refractivity contribution < 1.29 is 17.9 Å². The van der Waals surface area contributed by atoms with Gasteiger partial charge in [-0.05, 0) is 37.8 Å². The van der Waals surface area contributed by atoms with Crippen molar-refractivity contribution >= 4 is 32.7 Å². The first-order valence-electron chi connectivity index (χ1n) is 12.3. The third-order valence-corrected chi connectivity index (χ3v) is 9.18. The highest BCUT2D eigenvalue weighted by atomic mass is 32.2. The van der Waals surface area contributed by atoms with Crippen LogP contribution < -0.4 is 10.1 Å². The summed E-state index contributed by atoms with van der Waals surface area (Å²) in [6, 6.07) is 10.1. The number of methoxy groups -OCH3 is 1. The molecule has 2 aliphatic carbocycles. The number of anilines is 1. The van der Waals surface area contributed by atoms with Gasteiger partial charge in [-0.15, -0.1) is 0 Å². The van der Waals surface area contributed by atoms with Crippen molar-refractivity contribution in [2.45, 2.75) is 31.1 Å². The summed E-state index contributed by atoms with van der Waals surface area (Å²) in [5.41, 5.74) is 2.08. The quantitative estimate of drug-likeness (QED) is 0.529. The minimum atomic E-state index is -3.22. The van der Waals surface area contributed by atoms with Gasteiger partial charge >= 0.3 is 0 Å². The molecular weight excluding hydrogens is 492 g/mol. The summed E-state index contributed by atoms with van der Waals surface area (Å²) >= 11 is 0. The van der Waals surface area contributed by atoms with Crippen molar-refractivity contribution in [1.29, 1.82) is 5.26 Å². The van der Waals surface area contributed by atoms with Gasteiger partial charge in [0.25, 0.3) is 0 Å². The minimum Gasteiger partial charge on any atom is -0.496 e. The van der Waals surface area contributed by atoms with Crippen molar-refractivity contribution in [1.82, 2.24) is 19.1 Å². The van der Waals surface area contributed by atoms with E-state index >= 15 is 0 Å². The normalized spacial score (nSPS) is 20.2. The van der Waals surface area contributed by atoms with Crippen LogP contribution in [0.25, 0.3) is 22.2 Å². The molecule has 1 aliphatic heterocycles. The Hall–Kier alpha value is -3.49. The van der Waals surface area contributed by atoms with Crippen molar-refractivity contribution in [3.05, 3.63) is 36.0 Å². The third kappa shape index (κ3) is 3.78. The molecule has 1 amide bonds. The average Bonchev–Trinajstić information content (AvgIpc) is 3.61. The van der Waals surface area contributed by atoms with Gasteiger partial charge < -0.3 is 10.1 Å². The van der Waals surface area contributed by atoms with Crippen LogP contribution in [0.15, 0.2) is 30.5 Å². The van der Waals surface area contributed by atoms with Crippen LogP contribution in [-0.2, 0) is 27.3 Å². The highest BCUT2D eigenvalue weighted by Gasteiger charge is 2.63. The van der Waals surface area contributed by atoms with Gasteiger partial charge in [0, 0.05) is 48.0 Å². The topological polar surface area (TPSA) is 130 Å². The fraction of sp³-hybridized carbons (Fsp3) is 0.462. The van der Waals surface area contributed by atoms with E-state index < -0.39 is 15.4 Å². The van der Waals surface area contributed by atoms with E-state index in [4.69, 9.17) is 9.84 Å². The number of hydrogen-bond acceptors (Lipinski definition) is 7. The van der Waals surface area contributed by atoms with Crippen molar-refractivity contribution in [2.75, 3.05) is 31.8 Å². The predicted molar refractivity (Wildman–Crippen MR) is 137 cm³/mol. The number of amides is 1. The number of aromatic nitrogens is 3. The number of pyridine rings is 1. The number of aryl methyl sites for hydroxylation is 1. The van der Waals surface area contributed by atoms with E-state index in [1.54, 1.807) is 18.0 Å². The zero-order valence-electron chi connectivity index (χ0n) is 21.0. The monoisotopic (exact) mass is 520 g/mol. The van der Waals surface area contributed by atoms with Crippen LogP contribution in [0.3, 0.4) is 0 Å². The first kappa shape index (κ1) is 23.9. The third-order valence-electron chi connectivity index (χ3n) is 7.99. The molecule has 1 aromatic carbocycles. The molecule has 1 saturated heterocycles. The maximum atomic E-state index is 12.3. The van der Waals surface area contributed by atoms with Gasteiger partial charge in [0.15, 0.2) is 0 Å². The number of sulfonamides is 1. The summed E-state index contributed by atoms with van der Waals surface area (Å²) in [6.07, 6.45) is 5.88. The molecule has 0 radical (unpaired) electrons. The number of ether oxygens (including phenoxy) is 1. The average molecular weight is 521 g/mol. The van der Waals surface area contributed by atoms with Gasteiger partial charge in [0.1, 0.15) is 17.3 Å². The van der Waals surface area contributed by atoms with Gasteiger partial charge in [-0.2, -0.15) is 10.4 Å². The van der Waals surface area contributed by atoms with Gasteiger partial charge in [0.2, 0.25) is 15.9 Å². The molecule has 3 fully saturated rings. The molecule has 3 aliphatic rings. The number of nitrogens with one attached hydrogen (secondary N) is 1. The molecule has 1 spiro atoms. The molecule has 6 rings (SSSR count). The van der Waals surface area contributed by atoms with E-state index in [0.29, 0.717) is 43.2 Å². The molecule has 3 aromatic rings. The van der Waals surface area contributed by atoms with Gasteiger partial charge in [-0.3, -0.25) is 9.48 Å². The maximum absolute atomic E-state index is 12.3. The van der Waals surface area contributed by atoms with Gasteiger partial charge in [-0.1, -0.05) is 12.1 Å². The molecule has 37 heavy (non-hydrogen) atoms. The summed E-state index contributed by atoms with van der Waals surface area (Å²) in [5.74, 6) is 1.11. The number of nitriles is 1. The highest BCUT2D eigenvalue weighted by molar-refractivity contribution is 7.88. The fourth-order valence-corrected chi connectivity index (χ4v) is 7.05. The lowest BCUT2D eigenvalue weighted by atomic mass is 9.48.